The topological polar surface area (TPSA) is 58.4 Å². The Labute approximate surface area is 123 Å². The predicted molar refractivity (Wildman–Crippen MR) is 79.0 cm³/mol. The first-order chi connectivity index (χ1) is 10.1. The molecule has 6 heteroatoms. The van der Waals surface area contributed by atoms with E-state index in [9.17, 15) is 14.5 Å². The number of halogens is 1. The Balaban J connectivity index is 1.84. The maximum atomic E-state index is 13.6. The van der Waals surface area contributed by atoms with Crippen molar-refractivity contribution in [3.05, 3.63) is 34.1 Å². The van der Waals surface area contributed by atoms with E-state index < -0.39 is 10.7 Å². The Bertz CT molecular complexity index is 538. The summed E-state index contributed by atoms with van der Waals surface area (Å²) in [7, 11) is 0. The zero-order valence-corrected chi connectivity index (χ0v) is 12.0. The van der Waals surface area contributed by atoms with Gasteiger partial charge in [-0.2, -0.15) is 0 Å². The molecule has 3 rings (SSSR count). The highest BCUT2D eigenvalue weighted by atomic mass is 19.1. The number of non-ortho nitro benzene ring substituents is 1. The van der Waals surface area contributed by atoms with Gasteiger partial charge in [-0.15, -0.1) is 0 Å². The Morgan fingerprint density at radius 1 is 1.29 bits per heavy atom. The highest BCUT2D eigenvalue weighted by Gasteiger charge is 2.36. The zero-order chi connectivity index (χ0) is 14.9. The van der Waals surface area contributed by atoms with Crippen molar-refractivity contribution < 1.29 is 9.31 Å². The van der Waals surface area contributed by atoms with Gasteiger partial charge in [-0.25, -0.2) is 4.39 Å². The first-order valence-corrected chi connectivity index (χ1v) is 7.49. The van der Waals surface area contributed by atoms with Gasteiger partial charge in [0.05, 0.1) is 11.0 Å². The molecule has 1 aromatic rings. The lowest BCUT2D eigenvalue weighted by Crippen LogP contribution is -2.51. The molecule has 0 aromatic heterocycles. The average Bonchev–Trinajstić information content (AvgIpc) is 2.47. The molecule has 2 heterocycles. The fourth-order valence-electron chi connectivity index (χ4n) is 3.65. The van der Waals surface area contributed by atoms with Crippen molar-refractivity contribution in [1.82, 2.24) is 5.32 Å². The van der Waals surface area contributed by atoms with E-state index in [1.165, 1.54) is 25.0 Å². The molecule has 5 nitrogen and oxygen atoms in total. The number of hydrogen-bond acceptors (Lipinski definition) is 4. The maximum Gasteiger partial charge on any atom is 0.274 e. The molecule has 2 aliphatic rings. The highest BCUT2D eigenvalue weighted by Crippen LogP contribution is 2.38. The van der Waals surface area contributed by atoms with E-state index in [2.05, 4.69) is 10.2 Å². The summed E-state index contributed by atoms with van der Waals surface area (Å²) in [5.41, 5.74) is 0.690. The Hall–Kier alpha value is -1.69. The van der Waals surface area contributed by atoms with Crippen LogP contribution in [0.2, 0.25) is 0 Å². The van der Waals surface area contributed by atoms with Crippen LogP contribution in [0.3, 0.4) is 0 Å². The van der Waals surface area contributed by atoms with E-state index in [1.54, 1.807) is 0 Å². The number of rotatable bonds is 2. The van der Waals surface area contributed by atoms with Crippen LogP contribution < -0.4 is 10.2 Å². The molecule has 114 valence electrons. The van der Waals surface area contributed by atoms with Gasteiger partial charge in [0.25, 0.3) is 5.69 Å². The summed E-state index contributed by atoms with van der Waals surface area (Å²) in [6.07, 6.45) is 4.56. The van der Waals surface area contributed by atoms with Crippen LogP contribution in [-0.4, -0.2) is 31.1 Å². The molecule has 2 fully saturated rings. The summed E-state index contributed by atoms with van der Waals surface area (Å²) in [6, 6.07) is 3.87. The van der Waals surface area contributed by atoms with Gasteiger partial charge in [-0.3, -0.25) is 10.1 Å². The number of anilines is 1. The largest absolute Gasteiger partial charge is 0.371 e. The van der Waals surface area contributed by atoms with Gasteiger partial charge in [0.1, 0.15) is 5.82 Å². The van der Waals surface area contributed by atoms with Gasteiger partial charge < -0.3 is 10.2 Å². The first kappa shape index (κ1) is 14.3. The summed E-state index contributed by atoms with van der Waals surface area (Å²) >= 11 is 0. The Morgan fingerprint density at radius 3 is 2.81 bits per heavy atom. The van der Waals surface area contributed by atoms with Crippen molar-refractivity contribution in [1.29, 1.82) is 0 Å². The van der Waals surface area contributed by atoms with Crippen LogP contribution in [0.15, 0.2) is 18.2 Å². The van der Waals surface area contributed by atoms with Crippen LogP contribution in [0, 0.1) is 21.3 Å². The van der Waals surface area contributed by atoms with Gasteiger partial charge in [-0.05, 0) is 38.3 Å². The van der Waals surface area contributed by atoms with Crippen LogP contribution in [0.5, 0.6) is 0 Å². The van der Waals surface area contributed by atoms with Crippen LogP contribution in [0.4, 0.5) is 15.8 Å². The number of benzene rings is 1. The van der Waals surface area contributed by atoms with Crippen molar-refractivity contribution in [2.24, 2.45) is 5.41 Å². The normalized spacial score (nSPS) is 26.0. The fraction of sp³-hybridized carbons (Fsp3) is 0.600. The molecule has 0 aliphatic carbocycles. The standard InChI is InChI=1S/C15H20FN3O2/c16-12-7-13(9-14(8-12)19(20)21)18-6-2-4-15(11-18)3-1-5-17-10-15/h7-9,17H,1-6,10-11H2. The van der Waals surface area contributed by atoms with Gasteiger partial charge in [0.15, 0.2) is 0 Å². The summed E-state index contributed by atoms with van der Waals surface area (Å²) in [5.74, 6) is -0.541. The number of nitrogens with one attached hydrogen (secondary N) is 1. The fourth-order valence-corrected chi connectivity index (χ4v) is 3.65. The second-order valence-electron chi connectivity index (χ2n) is 6.23. The molecule has 1 aromatic carbocycles. The minimum Gasteiger partial charge on any atom is -0.371 e. The van der Waals surface area contributed by atoms with E-state index in [0.717, 1.165) is 45.1 Å². The molecule has 0 bridgehead atoms. The van der Waals surface area contributed by atoms with E-state index >= 15 is 0 Å². The monoisotopic (exact) mass is 293 g/mol. The van der Waals surface area contributed by atoms with Gasteiger partial charge in [0, 0.05) is 36.8 Å². The van der Waals surface area contributed by atoms with Crippen molar-refractivity contribution >= 4 is 11.4 Å². The van der Waals surface area contributed by atoms with Crippen LogP contribution >= 0.6 is 0 Å². The minimum atomic E-state index is -0.541. The summed E-state index contributed by atoms with van der Waals surface area (Å²) in [6.45, 7) is 3.73. The third-order valence-electron chi connectivity index (χ3n) is 4.67. The molecule has 2 saturated heterocycles. The van der Waals surface area contributed by atoms with E-state index in [1.807, 2.05) is 0 Å². The summed E-state index contributed by atoms with van der Waals surface area (Å²) in [4.78, 5) is 12.5. The van der Waals surface area contributed by atoms with Gasteiger partial charge >= 0.3 is 0 Å². The molecular weight excluding hydrogens is 273 g/mol. The number of nitrogens with zero attached hydrogens (tertiary/aromatic N) is 2. The molecule has 2 aliphatic heterocycles. The third-order valence-corrected chi connectivity index (χ3v) is 4.67. The zero-order valence-electron chi connectivity index (χ0n) is 12.0. The molecule has 1 atom stereocenters. The predicted octanol–water partition coefficient (Wildman–Crippen LogP) is 2.70. The number of nitro groups is 1. The minimum absolute atomic E-state index is 0.175. The highest BCUT2D eigenvalue weighted by molar-refractivity contribution is 5.54. The van der Waals surface area contributed by atoms with E-state index in [0.29, 0.717) is 5.69 Å². The Morgan fingerprint density at radius 2 is 2.10 bits per heavy atom. The van der Waals surface area contributed by atoms with E-state index in [4.69, 9.17) is 0 Å². The number of hydrogen-bond donors (Lipinski definition) is 1. The lowest BCUT2D eigenvalue weighted by atomic mass is 9.74. The number of piperidine rings is 2. The molecule has 1 N–H and O–H groups in total. The molecule has 0 radical (unpaired) electrons. The van der Waals surface area contributed by atoms with Crippen LogP contribution in [-0.2, 0) is 0 Å². The molecule has 0 saturated carbocycles. The van der Waals surface area contributed by atoms with Crippen molar-refractivity contribution in [3.8, 4) is 0 Å². The van der Waals surface area contributed by atoms with Crippen LogP contribution in [0.25, 0.3) is 0 Å². The average molecular weight is 293 g/mol. The van der Waals surface area contributed by atoms with Gasteiger partial charge in [0.2, 0.25) is 0 Å². The molecule has 1 spiro atoms. The van der Waals surface area contributed by atoms with Crippen molar-refractivity contribution in [3.63, 3.8) is 0 Å². The maximum absolute atomic E-state index is 13.6. The van der Waals surface area contributed by atoms with Crippen molar-refractivity contribution in [2.45, 2.75) is 25.7 Å². The quantitative estimate of drug-likeness (QED) is 0.673. The van der Waals surface area contributed by atoms with Crippen LogP contribution in [0.1, 0.15) is 25.7 Å². The number of nitro benzene ring substituents is 1. The summed E-state index contributed by atoms with van der Waals surface area (Å²) < 4.78 is 13.6. The molecule has 0 amide bonds. The lowest BCUT2D eigenvalue weighted by Gasteiger charge is -2.46. The SMILES string of the molecule is O=[N+]([O-])c1cc(F)cc(N2CCCC3(CCCNC3)C2)c1. The molecule has 1 unspecified atom stereocenters. The first-order valence-electron chi connectivity index (χ1n) is 7.49. The summed E-state index contributed by atoms with van der Waals surface area (Å²) in [5, 5.41) is 14.3. The lowest BCUT2D eigenvalue weighted by molar-refractivity contribution is -0.385. The second kappa shape index (κ2) is 5.60. The second-order valence-corrected chi connectivity index (χ2v) is 6.23. The smallest absolute Gasteiger partial charge is 0.274 e. The third kappa shape index (κ3) is 3.00. The van der Waals surface area contributed by atoms with Gasteiger partial charge in [-0.1, -0.05) is 0 Å². The Kier molecular flexibility index (Phi) is 3.80. The molecular formula is C15H20FN3O2. The van der Waals surface area contributed by atoms with E-state index in [-0.39, 0.29) is 11.1 Å². The van der Waals surface area contributed by atoms with Crippen molar-refractivity contribution in [2.75, 3.05) is 31.1 Å². The molecule has 21 heavy (non-hydrogen) atoms.